The van der Waals surface area contributed by atoms with Gasteiger partial charge >= 0.3 is 17.6 Å². The number of carbonyl (C=O) groups excluding carboxylic acids is 2. The predicted octanol–water partition coefficient (Wildman–Crippen LogP) is 6.67. The number of nitrogens with zero attached hydrogens (tertiary/aromatic N) is 3. The molecule has 2 aliphatic heterocycles. The summed E-state index contributed by atoms with van der Waals surface area (Å²) in [4.78, 5) is 44.4. The highest BCUT2D eigenvalue weighted by Gasteiger charge is 2.39. The largest absolute Gasteiger partial charge is 0.506 e. The second kappa shape index (κ2) is 12.8. The van der Waals surface area contributed by atoms with Crippen LogP contribution in [0.3, 0.4) is 0 Å². The molecule has 2 aromatic carbocycles. The van der Waals surface area contributed by atoms with E-state index in [1.807, 2.05) is 4.98 Å². The smallest absolute Gasteiger partial charge is 0.406 e. The molecule has 3 heterocycles. The average molecular weight is 728 g/mol. The SMILES string of the molecule is O=C(c1c(Sc2c(Cl)ccc(CO)c2Cl)cc(C(F)(F)Cl)[nH]c1=O)N1Cc2cc(O)c(N3CCCN(CC(F)(F)F)C3=O)cc2C1. The molecule has 0 radical (unpaired) electrons. The van der Waals surface area contributed by atoms with Gasteiger partial charge in [0.05, 0.1) is 22.3 Å². The number of hydrogen-bond donors (Lipinski definition) is 3. The van der Waals surface area contributed by atoms with Gasteiger partial charge in [-0.1, -0.05) is 41.0 Å². The molecule has 18 heteroatoms. The predicted molar refractivity (Wildman–Crippen MR) is 160 cm³/mol. The normalized spacial score (nSPS) is 15.5. The summed E-state index contributed by atoms with van der Waals surface area (Å²) < 4.78 is 67.2. The molecule has 2 aliphatic rings. The number of aliphatic hydroxyl groups is 1. The molecule has 0 atom stereocenters. The first-order valence-electron chi connectivity index (χ1n) is 13.4. The molecule has 0 aliphatic carbocycles. The van der Waals surface area contributed by atoms with Gasteiger partial charge in [-0.25, -0.2) is 4.79 Å². The number of aliphatic hydroxyl groups excluding tert-OH is 1. The van der Waals surface area contributed by atoms with Crippen LogP contribution in [0.4, 0.5) is 32.4 Å². The second-order valence-electron chi connectivity index (χ2n) is 10.5. The lowest BCUT2D eigenvalue weighted by Gasteiger charge is -2.36. The number of rotatable bonds is 7. The van der Waals surface area contributed by atoms with Gasteiger partial charge < -0.3 is 25.0 Å². The number of benzene rings is 2. The Bertz CT molecular complexity index is 1790. The van der Waals surface area contributed by atoms with Crippen molar-refractivity contribution in [2.24, 2.45) is 0 Å². The van der Waals surface area contributed by atoms with E-state index < -0.39 is 59.2 Å². The third-order valence-corrected chi connectivity index (χ3v) is 9.65. The van der Waals surface area contributed by atoms with Crippen molar-refractivity contribution >= 4 is 64.2 Å². The van der Waals surface area contributed by atoms with E-state index >= 15 is 0 Å². The number of aromatic hydroxyl groups is 1. The maximum Gasteiger partial charge on any atom is 0.406 e. The van der Waals surface area contributed by atoms with Crippen LogP contribution in [0, 0.1) is 0 Å². The number of hydrogen-bond acceptors (Lipinski definition) is 6. The molecule has 5 rings (SSSR count). The van der Waals surface area contributed by atoms with E-state index in [0.717, 1.165) is 11.0 Å². The maximum atomic E-state index is 14.1. The molecule has 246 valence electrons. The Morgan fingerprint density at radius 3 is 2.33 bits per heavy atom. The molecular formula is C28H22Cl3F5N4O5S. The maximum absolute atomic E-state index is 14.1. The van der Waals surface area contributed by atoms with Crippen LogP contribution in [0.1, 0.15) is 39.2 Å². The van der Waals surface area contributed by atoms with Crippen molar-refractivity contribution in [2.75, 3.05) is 24.5 Å². The van der Waals surface area contributed by atoms with Gasteiger partial charge in [0, 0.05) is 36.0 Å². The number of alkyl halides is 6. The number of fused-ring (bicyclic) bond motifs is 1. The van der Waals surface area contributed by atoms with Gasteiger partial charge in [0.2, 0.25) is 0 Å². The summed E-state index contributed by atoms with van der Waals surface area (Å²) in [5.74, 6) is -1.31. The third kappa shape index (κ3) is 6.88. The number of H-pyrrole nitrogens is 1. The number of anilines is 1. The summed E-state index contributed by atoms with van der Waals surface area (Å²) in [5, 5.41) is 16.3. The molecule has 46 heavy (non-hydrogen) atoms. The van der Waals surface area contributed by atoms with Gasteiger partial charge in [-0.05, 0) is 59.0 Å². The zero-order valence-electron chi connectivity index (χ0n) is 23.2. The first kappa shape index (κ1) is 34.1. The Labute approximate surface area is 276 Å². The highest BCUT2D eigenvalue weighted by Crippen LogP contribution is 2.43. The van der Waals surface area contributed by atoms with Crippen LogP contribution >= 0.6 is 46.6 Å². The van der Waals surface area contributed by atoms with Crippen LogP contribution in [-0.4, -0.2) is 62.7 Å². The number of nitrogens with one attached hydrogen (secondary N) is 1. The Kier molecular flexibility index (Phi) is 9.45. The molecule has 1 aromatic heterocycles. The van der Waals surface area contributed by atoms with Crippen molar-refractivity contribution in [1.82, 2.24) is 14.8 Å². The van der Waals surface area contributed by atoms with Gasteiger partial charge in [0.25, 0.3) is 11.5 Å². The van der Waals surface area contributed by atoms with Gasteiger partial charge in [-0.3, -0.25) is 14.5 Å². The minimum Gasteiger partial charge on any atom is -0.506 e. The molecule has 0 bridgehead atoms. The number of phenols is 1. The van der Waals surface area contributed by atoms with Crippen LogP contribution in [0.2, 0.25) is 10.0 Å². The molecule has 3 amide bonds. The summed E-state index contributed by atoms with van der Waals surface area (Å²) in [6, 6.07) is 5.34. The van der Waals surface area contributed by atoms with Crippen LogP contribution in [0.5, 0.6) is 5.75 Å². The van der Waals surface area contributed by atoms with E-state index in [1.54, 1.807) is 0 Å². The minimum atomic E-state index is -4.62. The monoisotopic (exact) mass is 726 g/mol. The summed E-state index contributed by atoms with van der Waals surface area (Å²) in [5.41, 5.74) is -1.72. The number of phenolic OH excluding ortho intramolecular Hbond substituents is 1. The first-order valence-corrected chi connectivity index (χ1v) is 15.3. The van der Waals surface area contributed by atoms with Crippen molar-refractivity contribution < 1.29 is 41.8 Å². The Morgan fingerprint density at radius 2 is 1.70 bits per heavy atom. The number of urea groups is 1. The molecule has 3 N–H and O–H groups in total. The summed E-state index contributed by atoms with van der Waals surface area (Å²) in [6.07, 6.45) is -4.41. The Balaban J connectivity index is 1.48. The number of pyridine rings is 1. The topological polar surface area (TPSA) is 117 Å². The van der Waals surface area contributed by atoms with E-state index in [1.165, 1.54) is 29.2 Å². The fourth-order valence-corrected chi connectivity index (χ4v) is 7.01. The highest BCUT2D eigenvalue weighted by molar-refractivity contribution is 7.99. The molecule has 1 saturated heterocycles. The number of amides is 3. The van der Waals surface area contributed by atoms with Crippen LogP contribution in [0.25, 0.3) is 0 Å². The summed E-state index contributed by atoms with van der Waals surface area (Å²) in [6.45, 7) is -2.33. The number of aromatic nitrogens is 1. The van der Waals surface area contributed by atoms with Crippen LogP contribution in [0.15, 0.2) is 44.9 Å². The van der Waals surface area contributed by atoms with Gasteiger partial charge in [-0.15, -0.1) is 0 Å². The fraction of sp³-hybridized carbons (Fsp3) is 0.321. The number of halogens is 8. The van der Waals surface area contributed by atoms with E-state index in [9.17, 15) is 46.5 Å². The summed E-state index contributed by atoms with van der Waals surface area (Å²) >= 11 is 18.5. The second-order valence-corrected chi connectivity index (χ2v) is 12.8. The quantitative estimate of drug-likeness (QED) is 0.185. The highest BCUT2D eigenvalue weighted by atomic mass is 35.5. The zero-order chi connectivity index (χ0) is 33.7. The van der Waals surface area contributed by atoms with Crippen molar-refractivity contribution in [3.63, 3.8) is 0 Å². The lowest BCUT2D eigenvalue weighted by atomic mass is 10.1. The zero-order valence-corrected chi connectivity index (χ0v) is 26.3. The lowest BCUT2D eigenvalue weighted by molar-refractivity contribution is -0.140. The minimum absolute atomic E-state index is 0.0319. The summed E-state index contributed by atoms with van der Waals surface area (Å²) in [7, 11) is 0. The van der Waals surface area contributed by atoms with Crippen molar-refractivity contribution in [3.8, 4) is 5.75 Å². The Morgan fingerprint density at radius 1 is 1.02 bits per heavy atom. The van der Waals surface area contributed by atoms with E-state index in [4.69, 9.17) is 34.8 Å². The molecule has 1 fully saturated rings. The van der Waals surface area contributed by atoms with Crippen molar-refractivity contribution in [1.29, 1.82) is 0 Å². The van der Waals surface area contributed by atoms with Crippen LogP contribution in [-0.2, 0) is 25.1 Å². The Hall–Kier alpha value is -3.24. The third-order valence-electron chi connectivity index (χ3n) is 7.31. The van der Waals surface area contributed by atoms with Gasteiger partial charge in [-0.2, -0.15) is 22.0 Å². The molecular weight excluding hydrogens is 706 g/mol. The fourth-order valence-electron chi connectivity index (χ4n) is 5.18. The van der Waals surface area contributed by atoms with E-state index in [-0.39, 0.29) is 63.7 Å². The van der Waals surface area contributed by atoms with Crippen molar-refractivity contribution in [3.05, 3.63) is 78.7 Å². The molecule has 0 spiro atoms. The number of aromatic amines is 1. The molecule has 0 unspecified atom stereocenters. The van der Waals surface area contributed by atoms with Crippen LogP contribution < -0.4 is 10.5 Å². The van der Waals surface area contributed by atoms with Gasteiger partial charge in [0.15, 0.2) is 0 Å². The van der Waals surface area contributed by atoms with Gasteiger partial charge in [0.1, 0.15) is 23.6 Å². The molecule has 0 saturated carbocycles. The first-order chi connectivity index (χ1) is 21.5. The van der Waals surface area contributed by atoms with E-state index in [0.29, 0.717) is 27.8 Å². The molecule has 9 nitrogen and oxygen atoms in total. The van der Waals surface area contributed by atoms with E-state index in [2.05, 4.69) is 0 Å². The standard InChI is InChI=1S/C28H22Cl3F5N4O5S/c29-16-3-2-13(11-41)22(30)23(16)46-19-8-20(28(31,35)36)37-24(43)21(19)25(44)39-9-14-6-17(18(42)7-15(14)10-39)40-5-1-4-38(26(40)45)12-27(32,33)34/h2-3,6-8,41-42H,1,4-5,9-12H2,(H,37,43). The lowest BCUT2D eigenvalue weighted by Crippen LogP contribution is -2.52. The number of carbonyl (C=O) groups is 2. The molecule has 3 aromatic rings. The van der Waals surface area contributed by atoms with Crippen molar-refractivity contribution in [2.45, 2.75) is 47.5 Å². The average Bonchev–Trinajstić information content (AvgIpc) is 3.37.